The topological polar surface area (TPSA) is 246 Å². The van der Waals surface area contributed by atoms with Gasteiger partial charge in [0.25, 0.3) is 11.8 Å². The van der Waals surface area contributed by atoms with Gasteiger partial charge in [-0.25, -0.2) is 13.6 Å². The van der Waals surface area contributed by atoms with Crippen molar-refractivity contribution in [2.45, 2.75) is 43.6 Å². The number of rotatable bonds is 12. The molecule has 1 saturated carbocycles. The second kappa shape index (κ2) is 17.7. The summed E-state index contributed by atoms with van der Waals surface area (Å²) in [4.78, 5) is 87.1. The van der Waals surface area contributed by atoms with Crippen LogP contribution in [-0.4, -0.2) is 95.6 Å². The summed E-state index contributed by atoms with van der Waals surface area (Å²) in [6, 6.07) is -1.05. The number of primary amides is 1. The molecular weight excluding hydrogens is 784 g/mol. The maximum absolute atomic E-state index is 15.5. The third-order valence-corrected chi connectivity index (χ3v) is 9.90. The van der Waals surface area contributed by atoms with Crippen LogP contribution >= 0.6 is 23.4 Å². The molecule has 0 bridgehead atoms. The first-order valence-corrected chi connectivity index (χ1v) is 17.0. The number of aromatic nitrogens is 1. The summed E-state index contributed by atoms with van der Waals surface area (Å²) in [6.07, 6.45) is 0.686. The van der Waals surface area contributed by atoms with E-state index in [-0.39, 0.29) is 105 Å². The molecule has 54 heavy (non-hydrogen) atoms. The van der Waals surface area contributed by atoms with Crippen molar-refractivity contribution >= 4 is 75.7 Å². The number of carboxylic acids is 2. The Balaban J connectivity index is 0.00000325. The minimum Gasteiger partial charge on any atom is -0.545 e. The number of benzene rings is 1. The smallest absolute Gasteiger partial charge is 0.545 e. The fourth-order valence-electron chi connectivity index (χ4n) is 6.20. The van der Waals surface area contributed by atoms with E-state index in [1.54, 1.807) is 9.47 Å². The van der Waals surface area contributed by atoms with E-state index >= 15 is 4.39 Å². The molecule has 4 N–H and O–H groups in total. The SMILES string of the molecule is NC(=O)C(F)=CSCC(=O)N[C@@H]1C(=O)N2C(C(=O)[O-])=C(COC(=O)NC3CCN(c4c(F)cc5c(=O)c(C(=O)[O-])cn(C6CC6)c5c4Cl)C3)CO[C@H]12.[Na+].[Na+]. The molecule has 276 valence electrons. The molecule has 2 saturated heterocycles. The first-order chi connectivity index (χ1) is 24.7. The van der Waals surface area contributed by atoms with Gasteiger partial charge in [0.1, 0.15) is 12.4 Å². The molecule has 3 atom stereocenters. The number of thioether (sulfide) groups is 1. The number of nitrogens with one attached hydrogen (secondary N) is 2. The number of pyridine rings is 1. The van der Waals surface area contributed by atoms with E-state index in [0.717, 1.165) is 22.6 Å². The number of hydrogen-bond acceptors (Lipinski definition) is 13. The molecule has 0 radical (unpaired) electrons. The number of amides is 4. The van der Waals surface area contributed by atoms with E-state index in [1.807, 2.05) is 0 Å². The van der Waals surface area contributed by atoms with Crippen LogP contribution in [0.5, 0.6) is 0 Å². The summed E-state index contributed by atoms with van der Waals surface area (Å²) < 4.78 is 41.0. The van der Waals surface area contributed by atoms with Gasteiger partial charge in [0.05, 0.1) is 63.2 Å². The molecule has 4 amide bonds. The van der Waals surface area contributed by atoms with Gasteiger partial charge in [-0.2, -0.15) is 0 Å². The molecule has 1 aliphatic carbocycles. The van der Waals surface area contributed by atoms with Gasteiger partial charge in [0, 0.05) is 36.3 Å². The molecule has 1 unspecified atom stereocenters. The van der Waals surface area contributed by atoms with Gasteiger partial charge < -0.3 is 55.1 Å². The molecule has 3 aliphatic heterocycles. The summed E-state index contributed by atoms with van der Waals surface area (Å²) in [5, 5.41) is 28.9. The van der Waals surface area contributed by atoms with Crippen molar-refractivity contribution in [3.05, 3.63) is 61.4 Å². The zero-order valence-corrected chi connectivity index (χ0v) is 34.2. The van der Waals surface area contributed by atoms with Crippen LogP contribution in [0.15, 0.2) is 39.6 Å². The molecule has 0 spiro atoms. The Labute approximate surface area is 357 Å². The van der Waals surface area contributed by atoms with E-state index in [1.165, 1.54) is 0 Å². The molecule has 17 nitrogen and oxygen atoms in total. The number of nitrogens with zero attached hydrogens (tertiary/aromatic N) is 3. The summed E-state index contributed by atoms with van der Waals surface area (Å²) in [6.45, 7) is -0.747. The number of alkyl carbamates (subject to hydrolysis) is 1. The molecule has 4 aliphatic rings. The summed E-state index contributed by atoms with van der Waals surface area (Å²) in [7, 11) is 0. The summed E-state index contributed by atoms with van der Waals surface area (Å²) >= 11 is 7.28. The molecular formula is C31H27ClF2N6Na2O11S. The molecule has 23 heteroatoms. The number of aromatic carboxylic acids is 1. The van der Waals surface area contributed by atoms with Crippen LogP contribution < -0.4 is 96.0 Å². The number of hydrogen-bond donors (Lipinski definition) is 3. The predicted molar refractivity (Wildman–Crippen MR) is 172 cm³/mol. The van der Waals surface area contributed by atoms with Gasteiger partial charge in [-0.1, -0.05) is 11.6 Å². The first kappa shape index (κ1) is 43.5. The number of carbonyl (C=O) groups excluding carboxylic acids is 6. The number of fused-ring (bicyclic) bond motifs is 2. The number of halogens is 3. The summed E-state index contributed by atoms with van der Waals surface area (Å²) in [5.74, 6) is -8.92. The van der Waals surface area contributed by atoms with Crippen LogP contribution in [-0.2, 0) is 28.7 Å². The Bertz CT molecular complexity index is 2070. The van der Waals surface area contributed by atoms with Crippen molar-refractivity contribution in [2.24, 2.45) is 5.73 Å². The normalized spacial score (nSPS) is 20.7. The van der Waals surface area contributed by atoms with E-state index in [2.05, 4.69) is 10.6 Å². The van der Waals surface area contributed by atoms with Crippen molar-refractivity contribution < 1.29 is 116 Å². The molecule has 3 fully saturated rings. The third kappa shape index (κ3) is 8.76. The first-order valence-electron chi connectivity index (χ1n) is 15.6. The Morgan fingerprint density at radius 3 is 2.44 bits per heavy atom. The molecule has 1 aromatic heterocycles. The zero-order chi connectivity index (χ0) is 37.6. The van der Waals surface area contributed by atoms with Crippen molar-refractivity contribution in [1.29, 1.82) is 0 Å². The quantitative estimate of drug-likeness (QED) is 0.103. The van der Waals surface area contributed by atoms with E-state index < -0.39 is 101 Å². The number of carboxylic acid groups (broad SMARTS) is 2. The second-order valence-electron chi connectivity index (χ2n) is 12.2. The fraction of sp³-hybridized carbons (Fsp3) is 0.387. The number of ether oxygens (including phenoxy) is 2. The maximum atomic E-state index is 15.5. The monoisotopic (exact) mass is 810 g/mol. The van der Waals surface area contributed by atoms with Crippen molar-refractivity contribution in [3.8, 4) is 0 Å². The van der Waals surface area contributed by atoms with Crippen LogP contribution in [0.3, 0.4) is 0 Å². The number of nitrogens with two attached hydrogens (primary N) is 1. The van der Waals surface area contributed by atoms with Crippen molar-refractivity contribution in [2.75, 3.05) is 37.0 Å². The van der Waals surface area contributed by atoms with Crippen LogP contribution in [0.4, 0.5) is 19.3 Å². The molecule has 4 heterocycles. The van der Waals surface area contributed by atoms with Gasteiger partial charge in [-0.3, -0.25) is 24.1 Å². The minimum atomic E-state index is -1.77. The fourth-order valence-corrected chi connectivity index (χ4v) is 7.19. The maximum Gasteiger partial charge on any atom is 1.00 e. The zero-order valence-electron chi connectivity index (χ0n) is 28.7. The average Bonchev–Trinajstić information content (AvgIpc) is 3.84. The summed E-state index contributed by atoms with van der Waals surface area (Å²) in [5.41, 5.74) is 2.64. The van der Waals surface area contributed by atoms with E-state index in [0.29, 0.717) is 31.0 Å². The molecule has 2 aromatic rings. The second-order valence-corrected chi connectivity index (χ2v) is 13.4. The van der Waals surface area contributed by atoms with Crippen LogP contribution in [0, 0.1) is 5.82 Å². The van der Waals surface area contributed by atoms with Crippen molar-refractivity contribution in [1.82, 2.24) is 20.1 Å². The third-order valence-electron chi connectivity index (χ3n) is 8.74. The number of anilines is 1. The number of carbonyl (C=O) groups is 6. The van der Waals surface area contributed by atoms with Crippen LogP contribution in [0.25, 0.3) is 10.9 Å². The van der Waals surface area contributed by atoms with E-state index in [9.17, 15) is 48.2 Å². The molecule has 1 aromatic carbocycles. The number of aliphatic carboxylic acids is 1. The Morgan fingerprint density at radius 2 is 1.81 bits per heavy atom. The minimum absolute atomic E-state index is 0. The average molecular weight is 811 g/mol. The Kier molecular flexibility index (Phi) is 14.3. The van der Waals surface area contributed by atoms with E-state index in [4.69, 9.17) is 26.8 Å². The predicted octanol–water partition coefficient (Wildman–Crippen LogP) is -7.48. The van der Waals surface area contributed by atoms with Gasteiger partial charge in [0.2, 0.25) is 5.91 Å². The van der Waals surface area contributed by atoms with Gasteiger partial charge in [0.15, 0.2) is 23.5 Å². The Hall–Kier alpha value is -3.21. The van der Waals surface area contributed by atoms with Gasteiger partial charge in [-0.05, 0) is 25.3 Å². The van der Waals surface area contributed by atoms with Gasteiger partial charge >= 0.3 is 65.2 Å². The van der Waals surface area contributed by atoms with Crippen molar-refractivity contribution in [3.63, 3.8) is 0 Å². The Morgan fingerprint density at radius 1 is 1.11 bits per heavy atom. The van der Waals surface area contributed by atoms with Crippen LogP contribution in [0.2, 0.25) is 5.02 Å². The largest absolute Gasteiger partial charge is 1.00 e. The number of β-lactam (4-membered cyclic amide) rings is 1. The molecule has 6 rings (SSSR count). The van der Waals surface area contributed by atoms with Gasteiger partial charge in [-0.15, -0.1) is 11.8 Å². The standard InChI is InChI=1S/C31H29ClF2N6O11S.2Na/c32-20-23-15(25(42)16(29(45)46)7-39(23)14-1-2-14)5-17(33)24(20)38-4-3-13(6-38)36-31(49)51-9-12-8-50-28-21(27(44)40(28)22(12)30(47)48)37-19(41)11-52-10-18(34)26(35)43;;/h5,7,10,13-14,21,28H,1-4,6,8-9,11H2,(H2,35,43)(H,36,49)(H,37,41)(H,45,46)(H,47,48);;/q;2*+1/p-2/t13?,21-,28-;;/m1../s1. The van der Waals surface area contributed by atoms with Crippen LogP contribution in [0.1, 0.15) is 35.7 Å².